The standard InChI is InChI=1S/C48H54N4O/c1-31(2)14-13-15-33(4)38-18-21-44-43(27-38)42-20-19-40(29-45(42)51(44)46-24-32(3)22-23-49-46)53-41-26-36(30-48(7,8)9)25-39(28-41)52-35(6)47(34(5)50-52)37-16-11-10-12-17-37/h10-12,16-29,31,33H,13-15,30H2,1-9H3. The van der Waals surface area contributed by atoms with E-state index >= 15 is 0 Å². The number of aryl methyl sites for hydroxylation is 2. The lowest BCUT2D eigenvalue weighted by Gasteiger charge is -2.20. The minimum absolute atomic E-state index is 0.103. The van der Waals surface area contributed by atoms with Crippen LogP contribution in [0.3, 0.4) is 0 Å². The maximum absolute atomic E-state index is 6.83. The molecule has 4 aromatic carbocycles. The second-order valence-electron chi connectivity index (χ2n) is 16.7. The Bertz CT molecular complexity index is 2390. The second kappa shape index (κ2) is 14.7. The van der Waals surface area contributed by atoms with E-state index < -0.39 is 0 Å². The van der Waals surface area contributed by atoms with Gasteiger partial charge in [0.2, 0.25) is 0 Å². The zero-order valence-corrected chi connectivity index (χ0v) is 33.0. The third-order valence-electron chi connectivity index (χ3n) is 10.4. The first-order valence-corrected chi connectivity index (χ1v) is 19.3. The molecule has 3 aromatic heterocycles. The van der Waals surface area contributed by atoms with Gasteiger partial charge >= 0.3 is 0 Å². The van der Waals surface area contributed by atoms with E-state index in [2.05, 4.69) is 169 Å². The third-order valence-corrected chi connectivity index (χ3v) is 10.4. The van der Waals surface area contributed by atoms with E-state index in [0.29, 0.717) is 5.92 Å². The zero-order valence-electron chi connectivity index (χ0n) is 33.0. The Labute approximate surface area is 315 Å². The van der Waals surface area contributed by atoms with Crippen LogP contribution < -0.4 is 4.74 Å². The number of fused-ring (bicyclic) bond motifs is 3. The molecule has 3 heterocycles. The van der Waals surface area contributed by atoms with Crippen LogP contribution >= 0.6 is 0 Å². The fourth-order valence-corrected chi connectivity index (χ4v) is 7.87. The van der Waals surface area contributed by atoms with E-state index in [9.17, 15) is 0 Å². The highest BCUT2D eigenvalue weighted by Crippen LogP contribution is 2.38. The number of ether oxygens (including phenoxy) is 1. The van der Waals surface area contributed by atoms with Crippen LogP contribution in [0.1, 0.15) is 94.8 Å². The third kappa shape index (κ3) is 7.81. The molecule has 7 rings (SSSR count). The first kappa shape index (κ1) is 36.2. The predicted octanol–water partition coefficient (Wildman–Crippen LogP) is 13.3. The highest BCUT2D eigenvalue weighted by molar-refractivity contribution is 6.09. The molecule has 0 fully saturated rings. The maximum atomic E-state index is 6.83. The van der Waals surface area contributed by atoms with E-state index in [1.54, 1.807) is 0 Å². The summed E-state index contributed by atoms with van der Waals surface area (Å²) >= 11 is 0. The molecule has 0 N–H and O–H groups in total. The summed E-state index contributed by atoms with van der Waals surface area (Å²) < 4.78 is 11.2. The number of nitrogens with zero attached hydrogens (tertiary/aromatic N) is 4. The van der Waals surface area contributed by atoms with Gasteiger partial charge in [-0.25, -0.2) is 9.67 Å². The summed E-state index contributed by atoms with van der Waals surface area (Å²) in [6.45, 7) is 20.2. The van der Waals surface area contributed by atoms with Crippen LogP contribution in [0.5, 0.6) is 11.5 Å². The Morgan fingerprint density at radius 1 is 0.736 bits per heavy atom. The van der Waals surface area contributed by atoms with Crippen molar-refractivity contribution in [2.45, 2.75) is 93.9 Å². The van der Waals surface area contributed by atoms with Gasteiger partial charge in [-0.05, 0) is 122 Å². The molecule has 53 heavy (non-hydrogen) atoms. The fraction of sp³-hybridized carbons (Fsp3) is 0.333. The fourth-order valence-electron chi connectivity index (χ4n) is 7.87. The van der Waals surface area contributed by atoms with Crippen LogP contribution in [0.25, 0.3) is 44.4 Å². The number of aromatic nitrogens is 4. The lowest BCUT2D eigenvalue weighted by Crippen LogP contribution is -2.10. The van der Waals surface area contributed by atoms with Gasteiger partial charge in [-0.15, -0.1) is 0 Å². The molecule has 0 bridgehead atoms. The Hall–Kier alpha value is -5.16. The van der Waals surface area contributed by atoms with Gasteiger partial charge in [-0.3, -0.25) is 4.57 Å². The highest BCUT2D eigenvalue weighted by atomic mass is 16.5. The van der Waals surface area contributed by atoms with Gasteiger partial charge in [-0.2, -0.15) is 5.10 Å². The van der Waals surface area contributed by atoms with E-state index in [0.717, 1.165) is 57.8 Å². The van der Waals surface area contributed by atoms with Crippen molar-refractivity contribution in [3.05, 3.63) is 131 Å². The molecule has 7 aromatic rings. The zero-order chi connectivity index (χ0) is 37.4. The summed E-state index contributed by atoms with van der Waals surface area (Å²) in [7, 11) is 0. The molecule has 0 saturated carbocycles. The molecule has 5 heteroatoms. The number of rotatable bonds is 11. The van der Waals surface area contributed by atoms with Crippen molar-refractivity contribution in [1.29, 1.82) is 0 Å². The Morgan fingerprint density at radius 3 is 2.26 bits per heavy atom. The van der Waals surface area contributed by atoms with Crippen LogP contribution in [-0.4, -0.2) is 19.3 Å². The number of hydrogen-bond donors (Lipinski definition) is 0. The minimum atomic E-state index is 0.103. The summed E-state index contributed by atoms with van der Waals surface area (Å²) in [4.78, 5) is 4.85. The number of hydrogen-bond acceptors (Lipinski definition) is 3. The van der Waals surface area contributed by atoms with Gasteiger partial charge in [0, 0.05) is 40.4 Å². The summed E-state index contributed by atoms with van der Waals surface area (Å²) in [5, 5.41) is 7.50. The van der Waals surface area contributed by atoms with Gasteiger partial charge in [-0.1, -0.05) is 90.8 Å². The van der Waals surface area contributed by atoms with Crippen molar-refractivity contribution in [2.75, 3.05) is 0 Å². The normalized spacial score (nSPS) is 12.6. The summed E-state index contributed by atoms with van der Waals surface area (Å²) in [6.07, 6.45) is 6.52. The quantitative estimate of drug-likeness (QED) is 0.135. The molecule has 5 nitrogen and oxygen atoms in total. The predicted molar refractivity (Wildman–Crippen MR) is 222 cm³/mol. The van der Waals surface area contributed by atoms with Crippen molar-refractivity contribution in [3.8, 4) is 34.1 Å². The molecule has 0 saturated heterocycles. The second-order valence-corrected chi connectivity index (χ2v) is 16.7. The van der Waals surface area contributed by atoms with Gasteiger partial charge in [0.25, 0.3) is 0 Å². The van der Waals surface area contributed by atoms with Crippen molar-refractivity contribution >= 4 is 21.8 Å². The monoisotopic (exact) mass is 702 g/mol. The molecule has 0 aliphatic carbocycles. The average molecular weight is 703 g/mol. The molecule has 0 aliphatic heterocycles. The van der Waals surface area contributed by atoms with Crippen LogP contribution in [0, 0.1) is 32.1 Å². The summed E-state index contributed by atoms with van der Waals surface area (Å²) in [5.74, 6) is 3.72. The van der Waals surface area contributed by atoms with Crippen LogP contribution in [0.4, 0.5) is 0 Å². The molecule has 0 spiro atoms. The number of pyridine rings is 1. The highest BCUT2D eigenvalue weighted by Gasteiger charge is 2.20. The van der Waals surface area contributed by atoms with E-state index in [4.69, 9.17) is 14.8 Å². The molecule has 0 amide bonds. The topological polar surface area (TPSA) is 44.9 Å². The van der Waals surface area contributed by atoms with Crippen molar-refractivity contribution in [1.82, 2.24) is 19.3 Å². The van der Waals surface area contributed by atoms with Crippen LogP contribution in [0.2, 0.25) is 0 Å². The van der Waals surface area contributed by atoms with Crippen LogP contribution in [-0.2, 0) is 6.42 Å². The first-order valence-electron chi connectivity index (χ1n) is 19.3. The van der Waals surface area contributed by atoms with E-state index in [-0.39, 0.29) is 5.41 Å². The lowest BCUT2D eigenvalue weighted by atomic mass is 9.88. The largest absolute Gasteiger partial charge is 0.457 e. The van der Waals surface area contributed by atoms with Gasteiger partial charge in [0.05, 0.1) is 22.4 Å². The SMILES string of the molecule is Cc1ccnc(-n2c3ccc(C(C)CCCC(C)C)cc3c3ccc(Oc4cc(CC(C)(C)C)cc(-n5nc(C)c(-c6ccccc6)c5C)c4)cc32)c1. The molecule has 1 atom stereocenters. The first-order chi connectivity index (χ1) is 25.3. The molecule has 0 radical (unpaired) electrons. The molecule has 1 unspecified atom stereocenters. The van der Waals surface area contributed by atoms with Crippen molar-refractivity contribution in [2.24, 2.45) is 11.3 Å². The van der Waals surface area contributed by atoms with Crippen molar-refractivity contribution in [3.63, 3.8) is 0 Å². The van der Waals surface area contributed by atoms with E-state index in [1.165, 1.54) is 57.9 Å². The summed E-state index contributed by atoms with van der Waals surface area (Å²) in [5.41, 5.74) is 11.6. The molecular weight excluding hydrogens is 649 g/mol. The molecular formula is C48H54N4O. The Kier molecular flexibility index (Phi) is 10.0. The Balaban J connectivity index is 1.32. The van der Waals surface area contributed by atoms with Crippen LogP contribution in [0.15, 0.2) is 103 Å². The van der Waals surface area contributed by atoms with Gasteiger partial charge in [0.1, 0.15) is 17.3 Å². The maximum Gasteiger partial charge on any atom is 0.137 e. The van der Waals surface area contributed by atoms with E-state index in [1.807, 2.05) is 6.20 Å². The summed E-state index contributed by atoms with van der Waals surface area (Å²) in [6, 6.07) is 34.8. The molecule has 272 valence electrons. The average Bonchev–Trinajstić information content (AvgIpc) is 3.59. The smallest absolute Gasteiger partial charge is 0.137 e. The minimum Gasteiger partial charge on any atom is -0.457 e. The lowest BCUT2D eigenvalue weighted by molar-refractivity contribution is 0.409. The van der Waals surface area contributed by atoms with Gasteiger partial charge in [0.15, 0.2) is 0 Å². The van der Waals surface area contributed by atoms with Gasteiger partial charge < -0.3 is 4.74 Å². The number of benzene rings is 4. The van der Waals surface area contributed by atoms with Crippen molar-refractivity contribution < 1.29 is 4.74 Å². The Morgan fingerprint density at radius 2 is 1.53 bits per heavy atom. The molecule has 0 aliphatic rings.